The van der Waals surface area contributed by atoms with Gasteiger partial charge >= 0.3 is 0 Å². The van der Waals surface area contributed by atoms with Gasteiger partial charge in [0.05, 0.1) is 19.7 Å². The molecule has 0 amide bonds. The van der Waals surface area contributed by atoms with Gasteiger partial charge < -0.3 is 14.8 Å². The van der Waals surface area contributed by atoms with Gasteiger partial charge in [0.1, 0.15) is 12.1 Å². The molecule has 154 valence electrons. The molecule has 30 heavy (non-hydrogen) atoms. The second kappa shape index (κ2) is 9.46. The van der Waals surface area contributed by atoms with Crippen LogP contribution in [0.15, 0.2) is 73.1 Å². The topological polar surface area (TPSA) is 56.3 Å². The van der Waals surface area contributed by atoms with Crippen LogP contribution < -0.4 is 14.8 Å². The largest absolute Gasteiger partial charge is 0.493 e. The van der Waals surface area contributed by atoms with Crippen molar-refractivity contribution in [3.8, 4) is 11.5 Å². The van der Waals surface area contributed by atoms with Crippen LogP contribution in [0.5, 0.6) is 11.5 Å². The Morgan fingerprint density at radius 1 is 0.800 bits per heavy atom. The second-order valence-electron chi connectivity index (χ2n) is 6.83. The molecule has 3 aromatic carbocycles. The van der Waals surface area contributed by atoms with E-state index in [1.165, 1.54) is 11.1 Å². The fourth-order valence-corrected chi connectivity index (χ4v) is 3.41. The summed E-state index contributed by atoms with van der Waals surface area (Å²) in [7, 11) is 3.23. The van der Waals surface area contributed by atoms with Gasteiger partial charge in [0.2, 0.25) is 0 Å². The molecule has 4 rings (SSSR count). The molecule has 0 saturated carbocycles. The van der Waals surface area contributed by atoms with E-state index in [2.05, 4.69) is 70.7 Å². The summed E-state index contributed by atoms with van der Waals surface area (Å²) < 4.78 is 10.8. The van der Waals surface area contributed by atoms with Crippen LogP contribution in [-0.2, 0) is 0 Å². The first kappa shape index (κ1) is 21.4. The third kappa shape index (κ3) is 4.31. The fourth-order valence-electron chi connectivity index (χ4n) is 3.41. The molecule has 0 aliphatic rings. The number of fused-ring (bicyclic) bond motifs is 1. The standard InChI is InChI=1S/C24H23N3O2.ClH/c1-16(17-7-5-4-6-8-17)18-9-11-19(12-10-18)27-24-20-13-22(28-2)23(29-3)14-21(20)25-15-26-24;/h4-16H,1-3H3,(H,25,26,27);1H. The smallest absolute Gasteiger partial charge is 0.162 e. The Kier molecular flexibility index (Phi) is 6.75. The third-order valence-electron chi connectivity index (χ3n) is 5.11. The number of hydrogen-bond donors (Lipinski definition) is 1. The number of hydrogen-bond acceptors (Lipinski definition) is 5. The summed E-state index contributed by atoms with van der Waals surface area (Å²) in [4.78, 5) is 8.77. The monoisotopic (exact) mass is 421 g/mol. The average molecular weight is 422 g/mol. The lowest BCUT2D eigenvalue weighted by atomic mass is 9.93. The second-order valence-corrected chi connectivity index (χ2v) is 6.83. The van der Waals surface area contributed by atoms with E-state index in [1.807, 2.05) is 18.2 Å². The summed E-state index contributed by atoms with van der Waals surface area (Å²) in [5, 5.41) is 4.26. The number of aromatic nitrogens is 2. The van der Waals surface area contributed by atoms with Crippen molar-refractivity contribution in [2.75, 3.05) is 19.5 Å². The molecule has 0 spiro atoms. The summed E-state index contributed by atoms with van der Waals surface area (Å²) in [5.41, 5.74) is 4.31. The van der Waals surface area contributed by atoms with Crippen molar-refractivity contribution in [1.29, 1.82) is 0 Å². The van der Waals surface area contributed by atoms with Crippen molar-refractivity contribution in [2.24, 2.45) is 0 Å². The van der Waals surface area contributed by atoms with Crippen molar-refractivity contribution < 1.29 is 9.47 Å². The first-order valence-corrected chi connectivity index (χ1v) is 9.48. The molecule has 4 aromatic rings. The molecule has 1 N–H and O–H groups in total. The van der Waals surface area contributed by atoms with Crippen molar-refractivity contribution in [1.82, 2.24) is 9.97 Å². The Hall–Kier alpha value is -3.31. The molecule has 0 saturated heterocycles. The van der Waals surface area contributed by atoms with E-state index < -0.39 is 0 Å². The molecule has 0 fully saturated rings. The van der Waals surface area contributed by atoms with Crippen LogP contribution >= 0.6 is 12.4 Å². The van der Waals surface area contributed by atoms with Crippen molar-refractivity contribution in [3.05, 3.63) is 84.2 Å². The molecule has 0 aliphatic carbocycles. The Morgan fingerprint density at radius 2 is 1.43 bits per heavy atom. The van der Waals surface area contributed by atoms with Crippen molar-refractivity contribution in [2.45, 2.75) is 12.8 Å². The number of benzene rings is 3. The maximum Gasteiger partial charge on any atom is 0.162 e. The Labute approximate surface area is 182 Å². The van der Waals surface area contributed by atoms with Gasteiger partial charge in [0, 0.05) is 23.1 Å². The zero-order valence-electron chi connectivity index (χ0n) is 17.1. The summed E-state index contributed by atoms with van der Waals surface area (Å²) in [6.07, 6.45) is 1.54. The summed E-state index contributed by atoms with van der Waals surface area (Å²) in [6, 6.07) is 22.7. The fraction of sp³-hybridized carbons (Fsp3) is 0.167. The quantitative estimate of drug-likeness (QED) is 0.416. The van der Waals surface area contributed by atoms with Crippen molar-refractivity contribution in [3.63, 3.8) is 0 Å². The Balaban J connectivity index is 0.00000256. The molecule has 1 heterocycles. The molecule has 0 bridgehead atoms. The highest BCUT2D eigenvalue weighted by Crippen LogP contribution is 2.34. The van der Waals surface area contributed by atoms with Crippen LogP contribution in [0.1, 0.15) is 24.0 Å². The zero-order chi connectivity index (χ0) is 20.2. The minimum absolute atomic E-state index is 0. The minimum atomic E-state index is 0. The SMILES string of the molecule is COc1cc2ncnc(Nc3ccc(C(C)c4ccccc4)cc3)c2cc1OC.Cl. The zero-order valence-corrected chi connectivity index (χ0v) is 17.9. The van der Waals surface area contributed by atoms with Crippen LogP contribution in [0.4, 0.5) is 11.5 Å². The number of ether oxygens (including phenoxy) is 2. The predicted molar refractivity (Wildman–Crippen MR) is 124 cm³/mol. The van der Waals surface area contributed by atoms with Crippen LogP contribution in [0, 0.1) is 0 Å². The Morgan fingerprint density at radius 3 is 2.10 bits per heavy atom. The van der Waals surface area contributed by atoms with E-state index in [1.54, 1.807) is 20.5 Å². The van der Waals surface area contributed by atoms with Gasteiger partial charge in [-0.05, 0) is 29.3 Å². The lowest BCUT2D eigenvalue weighted by Gasteiger charge is -2.14. The predicted octanol–water partition coefficient (Wildman–Crippen LogP) is 5.96. The molecule has 5 nitrogen and oxygen atoms in total. The summed E-state index contributed by atoms with van der Waals surface area (Å²) >= 11 is 0. The molecular formula is C24H24ClN3O2. The van der Waals surface area contributed by atoms with E-state index in [9.17, 15) is 0 Å². The van der Waals surface area contributed by atoms with E-state index in [-0.39, 0.29) is 12.4 Å². The highest BCUT2D eigenvalue weighted by molar-refractivity contribution is 5.93. The number of methoxy groups -OCH3 is 2. The minimum Gasteiger partial charge on any atom is -0.493 e. The molecule has 0 aliphatic heterocycles. The lowest BCUT2D eigenvalue weighted by Crippen LogP contribution is -1.99. The first-order chi connectivity index (χ1) is 14.2. The van der Waals surface area contributed by atoms with E-state index >= 15 is 0 Å². The molecule has 6 heteroatoms. The average Bonchev–Trinajstić information content (AvgIpc) is 2.79. The van der Waals surface area contributed by atoms with E-state index in [0.29, 0.717) is 17.4 Å². The van der Waals surface area contributed by atoms with Gasteiger partial charge in [-0.1, -0.05) is 49.4 Å². The van der Waals surface area contributed by atoms with Gasteiger partial charge in [-0.2, -0.15) is 0 Å². The van der Waals surface area contributed by atoms with Crippen LogP contribution in [0.3, 0.4) is 0 Å². The number of halogens is 1. The number of rotatable bonds is 6. The number of nitrogens with one attached hydrogen (secondary N) is 1. The lowest BCUT2D eigenvalue weighted by molar-refractivity contribution is 0.356. The van der Waals surface area contributed by atoms with Gasteiger partial charge in [-0.25, -0.2) is 9.97 Å². The third-order valence-corrected chi connectivity index (χ3v) is 5.11. The van der Waals surface area contributed by atoms with Crippen molar-refractivity contribution >= 4 is 34.8 Å². The van der Waals surface area contributed by atoms with Crippen LogP contribution in [-0.4, -0.2) is 24.2 Å². The van der Waals surface area contributed by atoms with E-state index in [4.69, 9.17) is 9.47 Å². The van der Waals surface area contributed by atoms with E-state index in [0.717, 1.165) is 22.4 Å². The maximum absolute atomic E-state index is 5.43. The van der Waals surface area contributed by atoms with Gasteiger partial charge in [0.15, 0.2) is 11.5 Å². The Bertz CT molecular complexity index is 1120. The van der Waals surface area contributed by atoms with Crippen LogP contribution in [0.2, 0.25) is 0 Å². The van der Waals surface area contributed by atoms with Gasteiger partial charge in [0.25, 0.3) is 0 Å². The van der Waals surface area contributed by atoms with Crippen LogP contribution in [0.25, 0.3) is 10.9 Å². The molecule has 1 atom stereocenters. The molecule has 1 unspecified atom stereocenters. The maximum atomic E-state index is 5.43. The van der Waals surface area contributed by atoms with Gasteiger partial charge in [-0.3, -0.25) is 0 Å². The van der Waals surface area contributed by atoms with Gasteiger partial charge in [-0.15, -0.1) is 12.4 Å². The number of anilines is 2. The summed E-state index contributed by atoms with van der Waals surface area (Å²) in [5.74, 6) is 2.34. The first-order valence-electron chi connectivity index (χ1n) is 9.48. The normalized spacial score (nSPS) is 11.4. The molecular weight excluding hydrogens is 398 g/mol. The number of nitrogens with zero attached hydrogens (tertiary/aromatic N) is 2. The molecule has 0 radical (unpaired) electrons. The molecule has 1 aromatic heterocycles. The summed E-state index contributed by atoms with van der Waals surface area (Å²) in [6.45, 7) is 2.22. The highest BCUT2D eigenvalue weighted by Gasteiger charge is 2.12. The highest BCUT2D eigenvalue weighted by atomic mass is 35.5.